The van der Waals surface area contributed by atoms with Crippen LogP contribution >= 0.6 is 7.60 Å². The third kappa shape index (κ3) is 6.78. The van der Waals surface area contributed by atoms with Crippen LogP contribution in [0.25, 0.3) is 0 Å². The monoisotopic (exact) mass is 552 g/mol. The van der Waals surface area contributed by atoms with Gasteiger partial charge in [-0.25, -0.2) is 9.36 Å². The zero-order chi connectivity index (χ0) is 29.9. The Balaban J connectivity index is 1.99. The van der Waals surface area contributed by atoms with E-state index in [1.165, 1.54) is 26.0 Å². The second kappa shape index (κ2) is 12.1. The molecule has 1 aromatic heterocycles. The van der Waals surface area contributed by atoms with Crippen LogP contribution in [-0.4, -0.2) is 62.4 Å². The summed E-state index contributed by atoms with van der Waals surface area (Å²) in [6.45, 7) is 2.98. The summed E-state index contributed by atoms with van der Waals surface area (Å²) in [5.74, 6) is 3.31. The molecule has 6 atom stereocenters. The van der Waals surface area contributed by atoms with Gasteiger partial charge in [-0.3, -0.25) is 19.1 Å². The predicted molar refractivity (Wildman–Crippen MR) is 135 cm³/mol. The molecule has 0 radical (unpaired) electrons. The van der Waals surface area contributed by atoms with Crippen molar-refractivity contribution < 1.29 is 35.7 Å². The van der Waals surface area contributed by atoms with Gasteiger partial charge >= 0.3 is 19.3 Å². The van der Waals surface area contributed by atoms with E-state index in [1.807, 2.05) is 4.98 Å². The zero-order valence-corrected chi connectivity index (χ0v) is 22.1. The first-order valence-corrected chi connectivity index (χ1v) is 13.3. The van der Waals surface area contributed by atoms with Gasteiger partial charge in [0.25, 0.3) is 5.56 Å². The summed E-state index contributed by atoms with van der Waals surface area (Å²) in [6.07, 6.45) is -5.95. The highest BCUT2D eigenvalue weighted by molar-refractivity contribution is 7.54. The third-order valence-corrected chi connectivity index (χ3v) is 7.18. The Labute approximate surface area is 221 Å². The standard InChI is InChI=1S/C24H31N4O9P/c1-5-11-24(25)20(30)18(36-22(24)28-23(32)27-19(29)12-26-28)13-34-38(33,37-17-9-7-6-8-10-17)14-16(4)21(31)35-15(2)3/h6-10,12,15-16,18,20,22,30H,13-14,25H2,1-4H3,(H,27,29,32)/t16-,18-,20+,22-,24?,38+/m1/s1/i13D2. The van der Waals surface area contributed by atoms with E-state index in [0.717, 1.165) is 6.20 Å². The number of aromatic amines is 1. The maximum absolute atomic E-state index is 14.0. The minimum absolute atomic E-state index is 0.0610. The van der Waals surface area contributed by atoms with Crippen molar-refractivity contribution in [1.29, 1.82) is 0 Å². The van der Waals surface area contributed by atoms with E-state index in [4.69, 9.17) is 27.0 Å². The van der Waals surface area contributed by atoms with Crippen LogP contribution in [-0.2, 0) is 23.4 Å². The summed E-state index contributed by atoms with van der Waals surface area (Å²) in [7, 11) is -4.54. The van der Waals surface area contributed by atoms with Crippen LogP contribution in [0.2, 0.25) is 0 Å². The van der Waals surface area contributed by atoms with Crippen LogP contribution in [0, 0.1) is 17.8 Å². The van der Waals surface area contributed by atoms with Crippen LogP contribution < -0.4 is 21.5 Å². The molecule has 13 nitrogen and oxygen atoms in total. The highest BCUT2D eigenvalue weighted by Gasteiger charge is 2.55. The number of aliphatic hydroxyl groups excluding tert-OH is 1. The van der Waals surface area contributed by atoms with Crippen molar-refractivity contribution in [2.45, 2.75) is 57.8 Å². The highest BCUT2D eigenvalue weighted by Crippen LogP contribution is 2.51. The van der Waals surface area contributed by atoms with E-state index < -0.39 is 73.5 Å². The molecule has 0 amide bonds. The molecule has 2 heterocycles. The Kier molecular flexibility index (Phi) is 8.36. The molecule has 2 aromatic rings. The first-order valence-electron chi connectivity index (χ1n) is 12.6. The molecule has 0 saturated carbocycles. The number of H-pyrrole nitrogens is 1. The van der Waals surface area contributed by atoms with Crippen molar-refractivity contribution in [3.8, 4) is 17.6 Å². The van der Waals surface area contributed by atoms with E-state index in [-0.39, 0.29) is 5.75 Å². The van der Waals surface area contributed by atoms with E-state index in [1.54, 1.807) is 32.0 Å². The molecule has 3 rings (SSSR count). The molecule has 0 bridgehead atoms. The number of nitrogens with zero attached hydrogens (tertiary/aromatic N) is 2. The number of esters is 1. The molecule has 0 aliphatic carbocycles. The quantitative estimate of drug-likeness (QED) is 0.215. The van der Waals surface area contributed by atoms with Gasteiger partial charge in [0.05, 0.1) is 27.5 Å². The average Bonchev–Trinajstić information content (AvgIpc) is 3.10. The Bertz CT molecular complexity index is 1440. The van der Waals surface area contributed by atoms with Gasteiger partial charge in [0.1, 0.15) is 24.2 Å². The van der Waals surface area contributed by atoms with Gasteiger partial charge in [-0.2, -0.15) is 9.78 Å². The predicted octanol–water partition coefficient (Wildman–Crippen LogP) is 0.787. The number of carbonyl (C=O) groups is 1. The lowest BCUT2D eigenvalue weighted by molar-refractivity contribution is -0.151. The molecule has 0 spiro atoms. The molecule has 1 aliphatic heterocycles. The number of aliphatic hydroxyl groups is 1. The fraction of sp³-hybridized carbons (Fsp3) is 0.500. The summed E-state index contributed by atoms with van der Waals surface area (Å²) >= 11 is 0. The number of nitrogens with two attached hydrogens (primary N) is 1. The molecular formula is C24H31N4O9P. The van der Waals surface area contributed by atoms with Crippen LogP contribution in [0.1, 0.15) is 36.7 Å². The summed E-state index contributed by atoms with van der Waals surface area (Å²) < 4.78 is 53.6. The SMILES string of the molecule is [2H]C([2H])(O[P@@](=O)(C[C@@H](C)C(=O)OC(C)C)Oc1ccccc1)[C@H]1O[C@@H](n2ncc(=O)[nH]c2=O)C(N)(C#CC)[C@H]1O. The molecule has 1 unspecified atom stereocenters. The lowest BCUT2D eigenvalue weighted by Crippen LogP contribution is -2.55. The number of rotatable bonds is 10. The lowest BCUT2D eigenvalue weighted by atomic mass is 9.92. The maximum Gasteiger partial charge on any atom is 0.380 e. The first kappa shape index (κ1) is 26.3. The molecule has 1 fully saturated rings. The van der Waals surface area contributed by atoms with E-state index in [2.05, 4.69) is 16.9 Å². The maximum atomic E-state index is 14.0. The molecule has 4 N–H and O–H groups in total. The average molecular weight is 553 g/mol. The Morgan fingerprint density at radius 2 is 2.05 bits per heavy atom. The van der Waals surface area contributed by atoms with Gasteiger partial charge in [-0.1, -0.05) is 31.0 Å². The van der Waals surface area contributed by atoms with E-state index in [0.29, 0.717) is 4.68 Å². The van der Waals surface area contributed by atoms with Crippen LogP contribution in [0.4, 0.5) is 0 Å². The number of nitrogens with one attached hydrogen (secondary N) is 1. The largest absolute Gasteiger partial charge is 0.463 e. The summed E-state index contributed by atoms with van der Waals surface area (Å²) in [6, 6.07) is 7.75. The number of hydrogen-bond donors (Lipinski definition) is 3. The molecule has 1 saturated heterocycles. The van der Waals surface area contributed by atoms with Crippen LogP contribution in [0.3, 0.4) is 0 Å². The fourth-order valence-electron chi connectivity index (χ4n) is 3.58. The number of hydrogen-bond acceptors (Lipinski definition) is 11. The van der Waals surface area contributed by atoms with Crippen molar-refractivity contribution in [2.75, 3.05) is 12.7 Å². The van der Waals surface area contributed by atoms with Gasteiger partial charge in [-0.05, 0) is 32.9 Å². The third-order valence-electron chi connectivity index (χ3n) is 5.31. The minimum atomic E-state index is -4.54. The number of carbonyl (C=O) groups excluding carboxylic acids is 1. The summed E-state index contributed by atoms with van der Waals surface area (Å²) in [5.41, 5.74) is 2.32. The topological polar surface area (TPSA) is 185 Å². The normalized spacial score (nSPS) is 26.3. The molecular weight excluding hydrogens is 519 g/mol. The van der Waals surface area contributed by atoms with Gasteiger partial charge in [-0.15, -0.1) is 5.92 Å². The minimum Gasteiger partial charge on any atom is -0.463 e. The molecule has 206 valence electrons. The summed E-state index contributed by atoms with van der Waals surface area (Å²) in [4.78, 5) is 38.3. The zero-order valence-electron chi connectivity index (χ0n) is 23.2. The second-order valence-corrected chi connectivity index (χ2v) is 10.8. The Morgan fingerprint density at radius 1 is 1.37 bits per heavy atom. The number of para-hydroxylation sites is 1. The van der Waals surface area contributed by atoms with Crippen molar-refractivity contribution >= 4 is 13.6 Å². The van der Waals surface area contributed by atoms with Gasteiger partial charge in [0, 0.05) is 0 Å². The number of benzene rings is 1. The second-order valence-electron chi connectivity index (χ2n) is 8.84. The van der Waals surface area contributed by atoms with Gasteiger partial charge in [0.2, 0.25) is 0 Å². The van der Waals surface area contributed by atoms with E-state index >= 15 is 0 Å². The first-order chi connectivity index (χ1) is 18.6. The van der Waals surface area contributed by atoms with Crippen molar-refractivity contribution in [3.05, 3.63) is 57.4 Å². The Hall–Kier alpha value is -3.27. The van der Waals surface area contributed by atoms with E-state index in [9.17, 15) is 24.1 Å². The smallest absolute Gasteiger partial charge is 0.380 e. The molecule has 1 aromatic carbocycles. The summed E-state index contributed by atoms with van der Waals surface area (Å²) in [5, 5.41) is 14.8. The fourth-order valence-corrected chi connectivity index (χ4v) is 5.30. The number of ether oxygens (including phenoxy) is 2. The van der Waals surface area contributed by atoms with Crippen LogP contribution in [0.5, 0.6) is 5.75 Å². The Morgan fingerprint density at radius 3 is 2.66 bits per heavy atom. The van der Waals surface area contributed by atoms with Crippen molar-refractivity contribution in [2.24, 2.45) is 11.7 Å². The molecule has 1 aliphatic rings. The molecule has 38 heavy (non-hydrogen) atoms. The lowest BCUT2D eigenvalue weighted by Gasteiger charge is -2.27. The van der Waals surface area contributed by atoms with Gasteiger partial charge < -0.3 is 24.8 Å². The van der Waals surface area contributed by atoms with Gasteiger partial charge in [0.15, 0.2) is 11.8 Å². The van der Waals surface area contributed by atoms with Crippen LogP contribution in [0.15, 0.2) is 46.1 Å². The van der Waals surface area contributed by atoms with Crippen molar-refractivity contribution in [3.63, 3.8) is 0 Å². The number of aromatic nitrogens is 3. The highest BCUT2D eigenvalue weighted by atomic mass is 31.2. The molecule has 14 heteroatoms. The van der Waals surface area contributed by atoms with Crippen molar-refractivity contribution in [1.82, 2.24) is 14.8 Å².